The van der Waals surface area contributed by atoms with Gasteiger partial charge in [0.05, 0.1) is 0 Å². The van der Waals surface area contributed by atoms with Gasteiger partial charge >= 0.3 is 0 Å². The molecule has 0 aromatic heterocycles. The largest absolute Gasteiger partial charge is 0.0838 e. The van der Waals surface area contributed by atoms with Crippen LogP contribution in [0.5, 0.6) is 0 Å². The Bertz CT molecular complexity index is 599. The highest BCUT2D eigenvalue weighted by Gasteiger charge is 2.37. The lowest BCUT2D eigenvalue weighted by atomic mass is 9.83. The minimum absolute atomic E-state index is 0.254. The molecule has 2 heteroatoms. The van der Waals surface area contributed by atoms with Crippen LogP contribution >= 0.6 is 31.9 Å². The first-order chi connectivity index (χ1) is 8.00. The number of halogens is 2. The Morgan fingerprint density at radius 1 is 1.18 bits per heavy atom. The van der Waals surface area contributed by atoms with Crippen molar-refractivity contribution in [1.82, 2.24) is 0 Å². The lowest BCUT2D eigenvalue weighted by Gasteiger charge is -2.21. The monoisotopic (exact) mass is 352 g/mol. The van der Waals surface area contributed by atoms with Gasteiger partial charge in [-0.15, -0.1) is 0 Å². The van der Waals surface area contributed by atoms with Crippen molar-refractivity contribution in [3.8, 4) is 0 Å². The van der Waals surface area contributed by atoms with E-state index in [1.165, 1.54) is 32.8 Å². The Hall–Kier alpha value is -0.340. The second-order valence-corrected chi connectivity index (χ2v) is 7.38. The van der Waals surface area contributed by atoms with Gasteiger partial charge in [0.2, 0.25) is 0 Å². The van der Waals surface area contributed by atoms with Crippen molar-refractivity contribution >= 4 is 42.6 Å². The van der Waals surface area contributed by atoms with E-state index in [9.17, 15) is 0 Å². The van der Waals surface area contributed by atoms with E-state index in [0.29, 0.717) is 4.83 Å². The Balaban J connectivity index is 2.47. The van der Waals surface area contributed by atoms with E-state index >= 15 is 0 Å². The quantitative estimate of drug-likeness (QED) is 0.531. The van der Waals surface area contributed by atoms with E-state index in [0.717, 1.165) is 0 Å². The maximum atomic E-state index is 3.81. The highest BCUT2D eigenvalue weighted by atomic mass is 79.9. The van der Waals surface area contributed by atoms with Crippen molar-refractivity contribution in [3.05, 3.63) is 45.9 Å². The summed E-state index contributed by atoms with van der Waals surface area (Å²) in [5, 5.41) is 2.71. The van der Waals surface area contributed by atoms with Crippen molar-refractivity contribution in [2.75, 3.05) is 0 Å². The first-order valence-electron chi connectivity index (χ1n) is 5.86. The summed E-state index contributed by atoms with van der Waals surface area (Å²) in [5.41, 5.74) is 3.21. The van der Waals surface area contributed by atoms with Crippen LogP contribution in [0, 0.1) is 0 Å². The maximum Gasteiger partial charge on any atom is 0.0407 e. The van der Waals surface area contributed by atoms with Crippen LogP contribution in [-0.4, -0.2) is 0 Å². The van der Waals surface area contributed by atoms with Gasteiger partial charge in [-0.05, 0) is 39.8 Å². The second kappa shape index (κ2) is 3.83. The second-order valence-electron chi connectivity index (χ2n) is 5.42. The molecule has 1 aliphatic rings. The molecule has 0 aliphatic heterocycles. The van der Waals surface area contributed by atoms with E-state index in [4.69, 9.17) is 0 Å². The highest BCUT2D eigenvalue weighted by Crippen LogP contribution is 2.52. The first kappa shape index (κ1) is 11.7. The lowest BCUT2D eigenvalue weighted by Crippen LogP contribution is -2.12. The van der Waals surface area contributed by atoms with Crippen LogP contribution in [0.4, 0.5) is 0 Å². The van der Waals surface area contributed by atoms with Crippen LogP contribution in [0.25, 0.3) is 10.8 Å². The van der Waals surface area contributed by atoms with E-state index in [-0.39, 0.29) is 5.41 Å². The molecule has 1 atom stereocenters. The normalized spacial score (nSPS) is 21.8. The van der Waals surface area contributed by atoms with Gasteiger partial charge in [0.15, 0.2) is 0 Å². The lowest BCUT2D eigenvalue weighted by molar-refractivity contribution is 0.524. The molecular formula is C15H14Br2. The number of alkyl halides is 1. The molecule has 0 amide bonds. The van der Waals surface area contributed by atoms with Gasteiger partial charge in [0.1, 0.15) is 0 Å². The summed E-state index contributed by atoms with van der Waals surface area (Å²) in [6.07, 6.45) is 1.17. The number of hydrogen-bond acceptors (Lipinski definition) is 0. The molecule has 0 heterocycles. The summed E-state index contributed by atoms with van der Waals surface area (Å²) in [6.45, 7) is 4.68. The fourth-order valence-electron chi connectivity index (χ4n) is 3.01. The van der Waals surface area contributed by atoms with Crippen molar-refractivity contribution in [2.45, 2.75) is 30.5 Å². The van der Waals surface area contributed by atoms with Gasteiger partial charge in [-0.1, -0.05) is 70.0 Å². The van der Waals surface area contributed by atoms with Gasteiger partial charge in [0, 0.05) is 9.30 Å². The van der Waals surface area contributed by atoms with Crippen molar-refractivity contribution in [1.29, 1.82) is 0 Å². The van der Waals surface area contributed by atoms with Gasteiger partial charge in [-0.2, -0.15) is 0 Å². The zero-order valence-corrected chi connectivity index (χ0v) is 13.1. The van der Waals surface area contributed by atoms with Crippen molar-refractivity contribution < 1.29 is 0 Å². The summed E-state index contributed by atoms with van der Waals surface area (Å²) in [7, 11) is 0. The Kier molecular flexibility index (Phi) is 2.64. The Labute approximate surface area is 119 Å². The fourth-order valence-corrected chi connectivity index (χ4v) is 4.78. The van der Waals surface area contributed by atoms with Gasteiger partial charge in [-0.25, -0.2) is 0 Å². The van der Waals surface area contributed by atoms with Crippen LogP contribution in [0.2, 0.25) is 0 Å². The predicted octanol–water partition coefficient (Wildman–Crippen LogP) is 5.72. The average molecular weight is 354 g/mol. The molecule has 0 saturated carbocycles. The van der Waals surface area contributed by atoms with Gasteiger partial charge in [-0.3, -0.25) is 0 Å². The molecular weight excluding hydrogens is 340 g/mol. The van der Waals surface area contributed by atoms with Crippen LogP contribution in [0.1, 0.15) is 36.2 Å². The van der Waals surface area contributed by atoms with Gasteiger partial charge in [0.25, 0.3) is 0 Å². The van der Waals surface area contributed by atoms with Crippen LogP contribution in [0.3, 0.4) is 0 Å². The summed E-state index contributed by atoms with van der Waals surface area (Å²) in [4.78, 5) is 0.480. The van der Waals surface area contributed by atoms with E-state index < -0.39 is 0 Å². The van der Waals surface area contributed by atoms with Crippen LogP contribution in [-0.2, 0) is 5.41 Å². The van der Waals surface area contributed by atoms with E-state index in [2.05, 4.69) is 76.0 Å². The standard InChI is InChI=1S/C15H14Br2/c1-15(2)8-13(17)11-7-12(16)9-5-3-4-6-10(9)14(11)15/h3-7,13H,8H2,1-2H3. The Morgan fingerprint density at radius 3 is 2.53 bits per heavy atom. The molecule has 0 bridgehead atoms. The first-order valence-corrected chi connectivity index (χ1v) is 7.57. The molecule has 1 unspecified atom stereocenters. The van der Waals surface area contributed by atoms with Crippen LogP contribution in [0.15, 0.2) is 34.8 Å². The minimum atomic E-state index is 0.254. The highest BCUT2D eigenvalue weighted by molar-refractivity contribution is 9.10. The summed E-state index contributed by atoms with van der Waals surface area (Å²) >= 11 is 7.51. The zero-order valence-electron chi connectivity index (χ0n) is 9.93. The van der Waals surface area contributed by atoms with E-state index in [1.807, 2.05) is 0 Å². The number of hydrogen-bond donors (Lipinski definition) is 0. The molecule has 0 fully saturated rings. The molecule has 0 nitrogen and oxygen atoms in total. The molecule has 2 aromatic rings. The number of fused-ring (bicyclic) bond motifs is 3. The SMILES string of the molecule is CC1(C)CC(Br)c2cc(Br)c3ccccc3c21. The Morgan fingerprint density at radius 2 is 1.82 bits per heavy atom. The zero-order chi connectivity index (χ0) is 12.2. The molecule has 2 aromatic carbocycles. The average Bonchev–Trinajstić information content (AvgIpc) is 2.49. The summed E-state index contributed by atoms with van der Waals surface area (Å²) in [5.74, 6) is 0. The van der Waals surface area contributed by atoms with Crippen LogP contribution < -0.4 is 0 Å². The van der Waals surface area contributed by atoms with E-state index in [1.54, 1.807) is 0 Å². The molecule has 88 valence electrons. The van der Waals surface area contributed by atoms with Crippen molar-refractivity contribution in [3.63, 3.8) is 0 Å². The molecule has 0 spiro atoms. The van der Waals surface area contributed by atoms with Gasteiger partial charge < -0.3 is 0 Å². The predicted molar refractivity (Wildman–Crippen MR) is 81.0 cm³/mol. The molecule has 0 N–H and O–H groups in total. The molecule has 17 heavy (non-hydrogen) atoms. The molecule has 1 aliphatic carbocycles. The minimum Gasteiger partial charge on any atom is -0.0838 e. The third kappa shape index (κ3) is 1.68. The molecule has 3 rings (SSSR count). The number of rotatable bonds is 0. The fraction of sp³-hybridized carbons (Fsp3) is 0.333. The van der Waals surface area contributed by atoms with Crippen molar-refractivity contribution in [2.24, 2.45) is 0 Å². The number of benzene rings is 2. The maximum absolute atomic E-state index is 3.81. The molecule has 0 radical (unpaired) electrons. The summed E-state index contributed by atoms with van der Waals surface area (Å²) < 4.78 is 1.20. The third-order valence-electron chi connectivity index (χ3n) is 3.73. The summed E-state index contributed by atoms with van der Waals surface area (Å²) in [6, 6.07) is 11.0. The smallest absolute Gasteiger partial charge is 0.0407 e. The topological polar surface area (TPSA) is 0 Å². The third-order valence-corrected chi connectivity index (χ3v) is 5.20. The molecule has 0 saturated heterocycles.